The minimum atomic E-state index is -1.17. The number of aliphatic hydroxyl groups excluding tert-OH is 1. The van der Waals surface area contributed by atoms with Crippen molar-refractivity contribution in [3.8, 4) is 0 Å². The molecule has 1 fully saturated rings. The lowest BCUT2D eigenvalue weighted by atomic mass is 9.92. The van der Waals surface area contributed by atoms with Gasteiger partial charge in [-0.25, -0.2) is 0 Å². The van der Waals surface area contributed by atoms with Crippen molar-refractivity contribution < 1.29 is 29.0 Å². The number of hydrogen-bond acceptors (Lipinski definition) is 9. The van der Waals surface area contributed by atoms with E-state index in [4.69, 9.17) is 4.74 Å². The summed E-state index contributed by atoms with van der Waals surface area (Å²) in [5, 5.41) is 19.2. The molecule has 1 saturated heterocycles. The van der Waals surface area contributed by atoms with Crippen LogP contribution in [0.2, 0.25) is 0 Å². The summed E-state index contributed by atoms with van der Waals surface area (Å²) in [6.45, 7) is 3.81. The fourth-order valence-corrected chi connectivity index (χ4v) is 6.05. The van der Waals surface area contributed by atoms with Crippen molar-refractivity contribution in [2.45, 2.75) is 69.9 Å². The van der Waals surface area contributed by atoms with Gasteiger partial charge in [0.1, 0.15) is 18.2 Å². The molecule has 34 heavy (non-hydrogen) atoms. The Morgan fingerprint density at radius 2 is 1.91 bits per heavy atom. The zero-order chi connectivity index (χ0) is 25.1. The summed E-state index contributed by atoms with van der Waals surface area (Å²) in [5.74, 6) is -0.577. The molecule has 192 valence electrons. The Morgan fingerprint density at radius 1 is 1.15 bits per heavy atom. The predicted molar refractivity (Wildman–Crippen MR) is 137 cm³/mol. The van der Waals surface area contributed by atoms with Crippen LogP contribution in [0.5, 0.6) is 0 Å². The van der Waals surface area contributed by atoms with Crippen LogP contribution in [0.4, 0.5) is 0 Å². The Balaban J connectivity index is 2.45. The highest BCUT2D eigenvalue weighted by Crippen LogP contribution is 2.24. The number of esters is 1. The summed E-state index contributed by atoms with van der Waals surface area (Å²) in [4.78, 5) is 51.7. The number of carbonyl (C=O) groups is 4. The highest BCUT2D eigenvalue weighted by molar-refractivity contribution is 8.76. The minimum Gasteiger partial charge on any atom is -0.457 e. The first-order chi connectivity index (χ1) is 16.2. The molecule has 0 spiro atoms. The van der Waals surface area contributed by atoms with E-state index in [-0.39, 0.29) is 18.8 Å². The van der Waals surface area contributed by atoms with Crippen LogP contribution in [-0.2, 0) is 23.9 Å². The zero-order valence-corrected chi connectivity index (χ0v) is 22.2. The molecule has 3 heterocycles. The SMILES string of the molecule is CC[C@@H](C)C1NC(=O)[C@H]2CSSC/C=C/[C@H](CC(=O)N[C@H](CCSC)C(=O)N2)OC(=O)C[C@@H]1O. The molecule has 0 radical (unpaired) electrons. The van der Waals surface area contributed by atoms with Gasteiger partial charge in [0.25, 0.3) is 0 Å². The lowest BCUT2D eigenvalue weighted by Gasteiger charge is -2.30. The number of fused-ring (bicyclic) bond motifs is 15. The number of thioether (sulfide) groups is 1. The predicted octanol–water partition coefficient (Wildman–Crippen LogP) is 1.26. The molecule has 3 rings (SSSR count). The van der Waals surface area contributed by atoms with E-state index in [0.29, 0.717) is 30.1 Å². The molecule has 1 unspecified atom stereocenters. The van der Waals surface area contributed by atoms with Crippen LogP contribution in [0.3, 0.4) is 0 Å². The summed E-state index contributed by atoms with van der Waals surface area (Å²) in [5.41, 5.74) is 0. The molecule has 2 bridgehead atoms. The third-order valence-electron chi connectivity index (χ3n) is 5.75. The molecule has 0 aromatic heterocycles. The van der Waals surface area contributed by atoms with Crippen molar-refractivity contribution in [1.29, 1.82) is 0 Å². The Morgan fingerprint density at radius 3 is 2.62 bits per heavy atom. The van der Waals surface area contributed by atoms with Crippen LogP contribution in [0.25, 0.3) is 0 Å². The molecule has 3 aliphatic heterocycles. The van der Waals surface area contributed by atoms with Crippen molar-refractivity contribution >= 4 is 57.0 Å². The standard InChI is InChI=1S/C22H35N3O6S3/c1-4-13(2)20-17(26)11-19(28)31-14-6-5-8-33-34-12-16(22(30)25-20)24-21(29)15(7-9-32-3)23-18(27)10-14/h5-6,13-17,20,26H,4,7-12H2,1-3H3,(H,23,27)(H,24,29)(H,25,30)/b6-5+/t13-,14-,15-,16-,17+,20?/m1/s1. The van der Waals surface area contributed by atoms with Gasteiger partial charge in [0, 0.05) is 11.5 Å². The topological polar surface area (TPSA) is 134 Å². The van der Waals surface area contributed by atoms with Crippen molar-refractivity contribution in [1.82, 2.24) is 16.0 Å². The maximum absolute atomic E-state index is 13.2. The summed E-state index contributed by atoms with van der Waals surface area (Å²) in [6.07, 6.45) is 3.97. The van der Waals surface area contributed by atoms with Gasteiger partial charge in [-0.15, -0.1) is 0 Å². The number of carbonyl (C=O) groups excluding carboxylic acids is 4. The maximum atomic E-state index is 13.2. The van der Waals surface area contributed by atoms with Crippen LogP contribution >= 0.6 is 33.3 Å². The molecular weight excluding hydrogens is 498 g/mol. The van der Waals surface area contributed by atoms with E-state index >= 15 is 0 Å². The van der Waals surface area contributed by atoms with Crippen LogP contribution in [0, 0.1) is 5.92 Å². The van der Waals surface area contributed by atoms with Gasteiger partial charge < -0.3 is 25.8 Å². The van der Waals surface area contributed by atoms with Crippen molar-refractivity contribution in [3.63, 3.8) is 0 Å². The van der Waals surface area contributed by atoms with Crippen molar-refractivity contribution in [2.24, 2.45) is 5.92 Å². The Bertz CT molecular complexity index is 753. The molecule has 9 nitrogen and oxygen atoms in total. The van der Waals surface area contributed by atoms with Gasteiger partial charge in [-0.3, -0.25) is 19.2 Å². The largest absolute Gasteiger partial charge is 0.457 e. The van der Waals surface area contributed by atoms with Gasteiger partial charge in [0.05, 0.1) is 25.0 Å². The number of amides is 3. The van der Waals surface area contributed by atoms with Gasteiger partial charge in [0.2, 0.25) is 17.7 Å². The van der Waals surface area contributed by atoms with Gasteiger partial charge in [0.15, 0.2) is 0 Å². The van der Waals surface area contributed by atoms with E-state index in [1.54, 1.807) is 17.8 Å². The first-order valence-corrected chi connectivity index (χ1v) is 15.3. The minimum absolute atomic E-state index is 0.121. The fourth-order valence-electron chi connectivity index (χ4n) is 3.61. The smallest absolute Gasteiger partial charge is 0.309 e. The first kappa shape index (κ1) is 28.9. The Kier molecular flexibility index (Phi) is 12.6. The van der Waals surface area contributed by atoms with E-state index in [2.05, 4.69) is 16.0 Å². The van der Waals surface area contributed by atoms with Gasteiger partial charge in [-0.05, 0) is 30.4 Å². The quantitative estimate of drug-likeness (QED) is 0.234. The van der Waals surface area contributed by atoms with E-state index in [1.165, 1.54) is 21.6 Å². The molecule has 3 aliphatic rings. The number of rotatable bonds is 5. The molecule has 3 amide bonds. The van der Waals surface area contributed by atoms with E-state index in [9.17, 15) is 24.3 Å². The zero-order valence-electron chi connectivity index (χ0n) is 19.8. The highest BCUT2D eigenvalue weighted by atomic mass is 33.1. The van der Waals surface area contributed by atoms with Gasteiger partial charge >= 0.3 is 5.97 Å². The molecule has 0 aliphatic carbocycles. The molecule has 0 aromatic rings. The van der Waals surface area contributed by atoms with Crippen molar-refractivity contribution in [2.75, 3.05) is 23.5 Å². The number of hydrogen-bond donors (Lipinski definition) is 4. The van der Waals surface area contributed by atoms with Crippen LogP contribution in [0.15, 0.2) is 12.2 Å². The summed E-state index contributed by atoms with van der Waals surface area (Å²) >= 11 is 1.55. The monoisotopic (exact) mass is 533 g/mol. The molecule has 6 atom stereocenters. The molecule has 4 N–H and O–H groups in total. The van der Waals surface area contributed by atoms with Crippen LogP contribution in [-0.4, -0.2) is 82.6 Å². The Hall–Kier alpha value is -1.37. The molecule has 12 heteroatoms. The number of nitrogens with one attached hydrogen (secondary N) is 3. The second-order valence-electron chi connectivity index (χ2n) is 8.38. The second-order valence-corrected chi connectivity index (χ2v) is 11.9. The van der Waals surface area contributed by atoms with Crippen molar-refractivity contribution in [3.05, 3.63) is 12.2 Å². The maximum Gasteiger partial charge on any atom is 0.309 e. The average Bonchev–Trinajstić information content (AvgIpc) is 2.79. The summed E-state index contributed by atoms with van der Waals surface area (Å²) in [7, 11) is 2.93. The van der Waals surface area contributed by atoms with Gasteiger partial charge in [-0.2, -0.15) is 11.8 Å². The van der Waals surface area contributed by atoms with E-state index in [0.717, 1.165) is 0 Å². The Labute approximate surface area is 213 Å². The summed E-state index contributed by atoms with van der Waals surface area (Å²) in [6, 6.07) is -2.38. The van der Waals surface area contributed by atoms with Crippen LogP contribution < -0.4 is 16.0 Å². The first-order valence-electron chi connectivity index (χ1n) is 11.4. The van der Waals surface area contributed by atoms with Gasteiger partial charge in [-0.1, -0.05) is 47.9 Å². The average molecular weight is 534 g/mol. The fraction of sp³-hybridized carbons (Fsp3) is 0.727. The summed E-state index contributed by atoms with van der Waals surface area (Å²) < 4.78 is 5.51. The third kappa shape index (κ3) is 9.35. The highest BCUT2D eigenvalue weighted by Gasteiger charge is 2.34. The van der Waals surface area contributed by atoms with E-state index in [1.807, 2.05) is 26.2 Å². The lowest BCUT2D eigenvalue weighted by molar-refractivity contribution is -0.151. The van der Waals surface area contributed by atoms with Crippen LogP contribution in [0.1, 0.15) is 39.5 Å². The van der Waals surface area contributed by atoms with E-state index < -0.39 is 54.0 Å². The molecule has 0 saturated carbocycles. The molecule has 0 aromatic carbocycles. The second kappa shape index (κ2) is 14.9. The molecular formula is C22H35N3O6S3. The lowest BCUT2D eigenvalue weighted by Crippen LogP contribution is -2.58. The normalized spacial score (nSPS) is 31.7. The third-order valence-corrected chi connectivity index (χ3v) is 8.68. The number of ether oxygens (including phenoxy) is 1. The number of aliphatic hydroxyl groups is 1.